The van der Waals surface area contributed by atoms with Gasteiger partial charge in [-0.1, -0.05) is 44.2 Å². The predicted molar refractivity (Wildman–Crippen MR) is 89.0 cm³/mol. The maximum atomic E-state index is 12.3. The Morgan fingerprint density at radius 2 is 1.52 bits per heavy atom. The second-order valence-corrected chi connectivity index (χ2v) is 5.54. The summed E-state index contributed by atoms with van der Waals surface area (Å²) in [5.74, 6) is -0.0231. The van der Waals surface area contributed by atoms with Crippen LogP contribution in [0.3, 0.4) is 0 Å². The molecule has 0 atom stereocenters. The van der Waals surface area contributed by atoms with Gasteiger partial charge in [0.15, 0.2) is 18.2 Å². The first-order valence-electron chi connectivity index (χ1n) is 8.02. The number of nitrogens with one attached hydrogen (secondary N) is 1. The molecule has 0 unspecified atom stereocenters. The van der Waals surface area contributed by atoms with Crippen molar-refractivity contribution in [3.8, 4) is 0 Å². The summed E-state index contributed by atoms with van der Waals surface area (Å²) >= 11 is 0. The number of hydrogen-bond acceptors (Lipinski definition) is 2. The van der Waals surface area contributed by atoms with Crippen molar-refractivity contribution in [1.82, 2.24) is 5.32 Å². The van der Waals surface area contributed by atoms with Crippen LogP contribution in [0.15, 0.2) is 54.9 Å². The van der Waals surface area contributed by atoms with Crippen molar-refractivity contribution in [2.45, 2.75) is 39.3 Å². The van der Waals surface area contributed by atoms with Gasteiger partial charge in [-0.05, 0) is 12.8 Å². The third kappa shape index (κ3) is 4.74. The molecular formula is C19H23N2O2+. The van der Waals surface area contributed by atoms with E-state index in [0.717, 1.165) is 12.8 Å². The van der Waals surface area contributed by atoms with E-state index >= 15 is 0 Å². The van der Waals surface area contributed by atoms with Crippen molar-refractivity contribution in [2.75, 3.05) is 0 Å². The first-order chi connectivity index (χ1) is 11.1. The van der Waals surface area contributed by atoms with Gasteiger partial charge < -0.3 is 5.32 Å². The molecule has 1 aromatic carbocycles. The molecule has 4 heteroatoms. The molecule has 0 saturated carbocycles. The number of carbonyl (C=O) groups is 2. The summed E-state index contributed by atoms with van der Waals surface area (Å²) < 4.78 is 1.78. The van der Waals surface area contributed by atoms with Gasteiger partial charge in [0.05, 0.1) is 0 Å². The summed E-state index contributed by atoms with van der Waals surface area (Å²) in [5.41, 5.74) is 1.28. The molecule has 23 heavy (non-hydrogen) atoms. The van der Waals surface area contributed by atoms with Gasteiger partial charge in [-0.3, -0.25) is 9.59 Å². The van der Waals surface area contributed by atoms with E-state index in [1.807, 2.05) is 18.2 Å². The molecule has 0 fully saturated rings. The Bertz CT molecular complexity index is 647. The number of ketones is 1. The standard InChI is InChI=1S/C19H22N2O2/c1-3-17(4-2)20-18(22)14-21-12-10-16(11-13-21)19(23)15-8-6-5-7-9-15/h5-13,17H,3-4,14H2,1-2H3/p+1. The third-order valence-corrected chi connectivity index (χ3v) is 3.87. The fourth-order valence-corrected chi connectivity index (χ4v) is 2.40. The van der Waals surface area contributed by atoms with E-state index in [1.165, 1.54) is 0 Å². The molecule has 1 N–H and O–H groups in total. The number of aromatic nitrogens is 1. The SMILES string of the molecule is CCC(CC)NC(=O)C[n+]1ccc(C(=O)c2ccccc2)cc1. The average Bonchev–Trinajstić information content (AvgIpc) is 2.60. The number of amides is 1. The topological polar surface area (TPSA) is 50.1 Å². The molecule has 0 radical (unpaired) electrons. The van der Waals surface area contributed by atoms with Gasteiger partial charge in [0, 0.05) is 29.3 Å². The highest BCUT2D eigenvalue weighted by Gasteiger charge is 2.14. The molecular weight excluding hydrogens is 288 g/mol. The van der Waals surface area contributed by atoms with Crippen molar-refractivity contribution in [3.63, 3.8) is 0 Å². The van der Waals surface area contributed by atoms with Gasteiger partial charge in [-0.25, -0.2) is 0 Å². The lowest BCUT2D eigenvalue weighted by atomic mass is 10.0. The van der Waals surface area contributed by atoms with Gasteiger partial charge in [0.25, 0.3) is 5.91 Å². The summed E-state index contributed by atoms with van der Waals surface area (Å²) in [6.45, 7) is 4.38. The minimum atomic E-state index is -0.0146. The zero-order valence-electron chi connectivity index (χ0n) is 13.7. The average molecular weight is 311 g/mol. The number of pyridine rings is 1. The first-order valence-corrected chi connectivity index (χ1v) is 8.02. The van der Waals surface area contributed by atoms with E-state index in [1.54, 1.807) is 41.2 Å². The number of rotatable bonds is 7. The maximum absolute atomic E-state index is 12.3. The zero-order valence-corrected chi connectivity index (χ0v) is 13.7. The maximum Gasteiger partial charge on any atom is 0.286 e. The quantitative estimate of drug-likeness (QED) is 0.631. The molecule has 1 amide bonds. The molecule has 0 saturated heterocycles. The Kier molecular flexibility index (Phi) is 6.03. The number of nitrogens with zero attached hydrogens (tertiary/aromatic N) is 1. The lowest BCUT2D eigenvalue weighted by molar-refractivity contribution is -0.684. The Hall–Kier alpha value is -2.49. The lowest BCUT2D eigenvalue weighted by Crippen LogP contribution is -2.45. The Morgan fingerprint density at radius 3 is 2.09 bits per heavy atom. The second-order valence-electron chi connectivity index (χ2n) is 5.54. The van der Waals surface area contributed by atoms with E-state index in [2.05, 4.69) is 19.2 Å². The van der Waals surface area contributed by atoms with Gasteiger partial charge in [-0.2, -0.15) is 4.57 Å². The molecule has 0 aliphatic heterocycles. The fraction of sp³-hybridized carbons (Fsp3) is 0.316. The summed E-state index contributed by atoms with van der Waals surface area (Å²) in [6, 6.07) is 12.9. The van der Waals surface area contributed by atoms with Crippen LogP contribution in [-0.4, -0.2) is 17.7 Å². The minimum Gasteiger partial charge on any atom is -0.348 e. The highest BCUT2D eigenvalue weighted by atomic mass is 16.2. The summed E-state index contributed by atoms with van der Waals surface area (Å²) in [4.78, 5) is 24.3. The molecule has 4 nitrogen and oxygen atoms in total. The van der Waals surface area contributed by atoms with Gasteiger partial charge in [0.2, 0.25) is 6.54 Å². The van der Waals surface area contributed by atoms with Crippen LogP contribution in [0.2, 0.25) is 0 Å². The van der Waals surface area contributed by atoms with Gasteiger partial charge in [-0.15, -0.1) is 0 Å². The molecule has 0 bridgehead atoms. The van der Waals surface area contributed by atoms with Crippen molar-refractivity contribution >= 4 is 11.7 Å². The Labute approximate surface area is 137 Å². The van der Waals surface area contributed by atoms with Crippen LogP contribution in [0.25, 0.3) is 0 Å². The van der Waals surface area contributed by atoms with Crippen LogP contribution < -0.4 is 9.88 Å². The van der Waals surface area contributed by atoms with Crippen molar-refractivity contribution in [1.29, 1.82) is 0 Å². The summed E-state index contributed by atoms with van der Waals surface area (Å²) in [6.07, 6.45) is 5.39. The molecule has 0 aliphatic carbocycles. The largest absolute Gasteiger partial charge is 0.348 e. The van der Waals surface area contributed by atoms with Crippen LogP contribution in [-0.2, 0) is 11.3 Å². The molecule has 0 spiro atoms. The van der Waals surface area contributed by atoms with Crippen LogP contribution in [0.1, 0.15) is 42.6 Å². The summed E-state index contributed by atoms with van der Waals surface area (Å²) in [7, 11) is 0. The highest BCUT2D eigenvalue weighted by Crippen LogP contribution is 2.07. The normalized spacial score (nSPS) is 10.6. The zero-order chi connectivity index (χ0) is 16.7. The number of hydrogen-bond donors (Lipinski definition) is 1. The molecule has 2 aromatic rings. The van der Waals surface area contributed by atoms with E-state index in [9.17, 15) is 9.59 Å². The molecule has 120 valence electrons. The van der Waals surface area contributed by atoms with Crippen molar-refractivity contribution in [2.24, 2.45) is 0 Å². The van der Waals surface area contributed by atoms with Gasteiger partial charge in [0.1, 0.15) is 0 Å². The van der Waals surface area contributed by atoms with E-state index < -0.39 is 0 Å². The third-order valence-electron chi connectivity index (χ3n) is 3.87. The van der Waals surface area contributed by atoms with Crippen LogP contribution in [0.4, 0.5) is 0 Å². The van der Waals surface area contributed by atoms with Crippen molar-refractivity contribution in [3.05, 3.63) is 66.0 Å². The lowest BCUT2D eigenvalue weighted by Gasteiger charge is -2.13. The molecule has 1 aromatic heterocycles. The van der Waals surface area contributed by atoms with Crippen molar-refractivity contribution < 1.29 is 14.2 Å². The van der Waals surface area contributed by atoms with Crippen LogP contribution in [0.5, 0.6) is 0 Å². The van der Waals surface area contributed by atoms with Crippen LogP contribution >= 0.6 is 0 Å². The van der Waals surface area contributed by atoms with Gasteiger partial charge >= 0.3 is 0 Å². The first kappa shape index (κ1) is 16.9. The minimum absolute atomic E-state index is 0.00849. The van der Waals surface area contributed by atoms with E-state index in [-0.39, 0.29) is 24.3 Å². The second kappa shape index (κ2) is 8.22. The molecule has 1 heterocycles. The summed E-state index contributed by atoms with van der Waals surface area (Å²) in [5, 5.41) is 3.00. The van der Waals surface area contributed by atoms with E-state index in [0.29, 0.717) is 11.1 Å². The van der Waals surface area contributed by atoms with E-state index in [4.69, 9.17) is 0 Å². The smallest absolute Gasteiger partial charge is 0.286 e. The van der Waals surface area contributed by atoms with Crippen LogP contribution in [0, 0.1) is 0 Å². The number of benzene rings is 1. The Balaban J connectivity index is 2.00. The monoisotopic (exact) mass is 311 g/mol. The highest BCUT2D eigenvalue weighted by molar-refractivity contribution is 6.08. The molecule has 0 aliphatic rings. The fourth-order valence-electron chi connectivity index (χ4n) is 2.40. The Morgan fingerprint density at radius 1 is 0.957 bits per heavy atom. The number of carbonyl (C=O) groups excluding carboxylic acids is 2. The predicted octanol–water partition coefficient (Wildman–Crippen LogP) is 2.51. The molecule has 2 rings (SSSR count).